The van der Waals surface area contributed by atoms with Crippen LogP contribution < -0.4 is 33.7 Å². The number of nitrogens with zero attached hydrogens (tertiary/aromatic N) is 1. The highest BCUT2D eigenvalue weighted by Crippen LogP contribution is 2.39. The molecule has 0 aliphatic rings. The van der Waals surface area contributed by atoms with Crippen LogP contribution >= 0.6 is 0 Å². The average molecular weight is 505 g/mol. The van der Waals surface area contributed by atoms with Crippen molar-refractivity contribution in [3.8, 4) is 40.2 Å². The SMILES string of the molecule is COc1cc2nccc(Oc3cc(C)c(NC(=O)Oc4c(OC)cccc4OC)cc3C)c2cc1OC. The zero-order valence-corrected chi connectivity index (χ0v) is 21.5. The number of rotatable bonds is 8. The quantitative estimate of drug-likeness (QED) is 0.299. The second kappa shape index (κ2) is 10.9. The number of ether oxygens (including phenoxy) is 6. The van der Waals surface area contributed by atoms with Gasteiger partial charge in [0.1, 0.15) is 11.5 Å². The molecule has 3 aromatic carbocycles. The van der Waals surface area contributed by atoms with Crippen molar-refractivity contribution < 1.29 is 33.2 Å². The van der Waals surface area contributed by atoms with Crippen molar-refractivity contribution in [3.05, 3.63) is 65.9 Å². The maximum absolute atomic E-state index is 12.7. The highest BCUT2D eigenvalue weighted by atomic mass is 16.6. The Bertz CT molecular complexity index is 1430. The maximum atomic E-state index is 12.7. The van der Waals surface area contributed by atoms with Gasteiger partial charge < -0.3 is 28.4 Å². The van der Waals surface area contributed by atoms with Gasteiger partial charge in [-0.05, 0) is 61.4 Å². The second-order valence-electron chi connectivity index (χ2n) is 8.07. The molecular weight excluding hydrogens is 476 g/mol. The van der Waals surface area contributed by atoms with Crippen molar-refractivity contribution in [1.29, 1.82) is 0 Å². The smallest absolute Gasteiger partial charge is 0.417 e. The summed E-state index contributed by atoms with van der Waals surface area (Å²) in [5, 5.41) is 3.55. The molecule has 0 fully saturated rings. The molecule has 0 saturated heterocycles. The molecule has 4 aromatic rings. The molecule has 4 rings (SSSR count). The normalized spacial score (nSPS) is 10.5. The van der Waals surface area contributed by atoms with E-state index in [-0.39, 0.29) is 5.75 Å². The van der Waals surface area contributed by atoms with Crippen LogP contribution in [0.2, 0.25) is 0 Å². The summed E-state index contributed by atoms with van der Waals surface area (Å²) in [4.78, 5) is 17.1. The van der Waals surface area contributed by atoms with Gasteiger partial charge in [-0.2, -0.15) is 0 Å². The number of fused-ring (bicyclic) bond motifs is 1. The van der Waals surface area contributed by atoms with E-state index in [9.17, 15) is 4.79 Å². The molecule has 0 saturated carbocycles. The first-order valence-corrected chi connectivity index (χ1v) is 11.4. The van der Waals surface area contributed by atoms with Crippen molar-refractivity contribution in [1.82, 2.24) is 4.98 Å². The van der Waals surface area contributed by atoms with Crippen LogP contribution in [0, 0.1) is 13.8 Å². The number of methoxy groups -OCH3 is 4. The summed E-state index contributed by atoms with van der Waals surface area (Å²) in [6.45, 7) is 3.76. The van der Waals surface area contributed by atoms with E-state index >= 15 is 0 Å². The van der Waals surface area contributed by atoms with E-state index in [1.165, 1.54) is 14.2 Å². The van der Waals surface area contributed by atoms with Crippen molar-refractivity contribution in [2.45, 2.75) is 13.8 Å². The van der Waals surface area contributed by atoms with Gasteiger partial charge in [-0.1, -0.05) is 6.07 Å². The number of benzene rings is 3. The summed E-state index contributed by atoms with van der Waals surface area (Å²) in [6.07, 6.45) is 0.990. The summed E-state index contributed by atoms with van der Waals surface area (Å²) >= 11 is 0. The number of carbonyl (C=O) groups is 1. The van der Waals surface area contributed by atoms with Gasteiger partial charge in [0.25, 0.3) is 0 Å². The third kappa shape index (κ3) is 5.30. The van der Waals surface area contributed by atoms with Crippen molar-refractivity contribution in [2.24, 2.45) is 0 Å². The average Bonchev–Trinajstić information content (AvgIpc) is 2.90. The first-order chi connectivity index (χ1) is 17.9. The summed E-state index contributed by atoms with van der Waals surface area (Å²) in [5.74, 6) is 3.35. The van der Waals surface area contributed by atoms with E-state index in [2.05, 4.69) is 10.3 Å². The molecular formula is C28H28N2O7. The second-order valence-corrected chi connectivity index (χ2v) is 8.07. The Morgan fingerprint density at radius 3 is 2.03 bits per heavy atom. The van der Waals surface area contributed by atoms with Crippen LogP contribution in [0.25, 0.3) is 10.9 Å². The Balaban J connectivity index is 1.58. The van der Waals surface area contributed by atoms with E-state index < -0.39 is 6.09 Å². The maximum Gasteiger partial charge on any atom is 0.417 e. The minimum absolute atomic E-state index is 0.191. The lowest BCUT2D eigenvalue weighted by atomic mass is 10.1. The molecule has 0 spiro atoms. The van der Waals surface area contributed by atoms with E-state index in [0.717, 1.165) is 16.5 Å². The van der Waals surface area contributed by atoms with Gasteiger partial charge in [0, 0.05) is 23.3 Å². The molecule has 1 N–H and O–H groups in total. The van der Waals surface area contributed by atoms with Gasteiger partial charge in [0.15, 0.2) is 23.0 Å². The van der Waals surface area contributed by atoms with E-state index in [1.54, 1.807) is 50.7 Å². The van der Waals surface area contributed by atoms with Gasteiger partial charge >= 0.3 is 6.09 Å². The number of aryl methyl sites for hydroxylation is 2. The summed E-state index contributed by atoms with van der Waals surface area (Å²) in [5.41, 5.74) is 2.87. The molecule has 1 amide bonds. The molecule has 0 unspecified atom stereocenters. The van der Waals surface area contributed by atoms with E-state index in [4.69, 9.17) is 28.4 Å². The fourth-order valence-corrected chi connectivity index (χ4v) is 3.84. The standard InChI is InChI=1S/C28H28N2O7/c1-16-13-24(36-21-10-11-29-20-15-26(35-6)25(34-5)14-18(20)21)17(2)12-19(16)30-28(31)37-27-22(32-3)8-7-9-23(27)33-4/h7-15H,1-6H3,(H,30,31). The van der Waals surface area contributed by atoms with Gasteiger partial charge in [-0.3, -0.25) is 10.3 Å². The van der Waals surface area contributed by atoms with Gasteiger partial charge in [0.05, 0.1) is 34.0 Å². The van der Waals surface area contributed by atoms with Crippen molar-refractivity contribution >= 4 is 22.7 Å². The Hall–Kier alpha value is -4.66. The van der Waals surface area contributed by atoms with Crippen molar-refractivity contribution in [3.63, 3.8) is 0 Å². The summed E-state index contributed by atoms with van der Waals surface area (Å²) in [7, 11) is 6.14. The highest BCUT2D eigenvalue weighted by molar-refractivity contribution is 5.89. The van der Waals surface area contributed by atoms with Gasteiger partial charge in [-0.25, -0.2) is 4.79 Å². The van der Waals surface area contributed by atoms with Crippen LogP contribution in [0.1, 0.15) is 11.1 Å². The largest absolute Gasteiger partial charge is 0.493 e. The molecule has 9 heteroatoms. The topological polar surface area (TPSA) is 97.4 Å². The minimum atomic E-state index is -0.680. The number of carbonyl (C=O) groups excluding carboxylic acids is 1. The third-order valence-corrected chi connectivity index (χ3v) is 5.76. The molecule has 1 aromatic heterocycles. The number of aromatic nitrogens is 1. The highest BCUT2D eigenvalue weighted by Gasteiger charge is 2.18. The lowest BCUT2D eigenvalue weighted by Crippen LogP contribution is -2.18. The monoisotopic (exact) mass is 504 g/mol. The number of amides is 1. The van der Waals surface area contributed by atoms with Gasteiger partial charge in [0.2, 0.25) is 5.75 Å². The first-order valence-electron chi connectivity index (χ1n) is 11.4. The number of nitrogens with one attached hydrogen (secondary N) is 1. The number of para-hydroxylation sites is 1. The molecule has 0 aliphatic heterocycles. The molecule has 1 heterocycles. The number of hydrogen-bond donors (Lipinski definition) is 1. The Labute approximate surface area is 214 Å². The van der Waals surface area contributed by atoms with Gasteiger partial charge in [-0.15, -0.1) is 0 Å². The molecule has 0 atom stereocenters. The van der Waals surface area contributed by atoms with Crippen LogP contribution in [-0.2, 0) is 0 Å². The molecule has 0 radical (unpaired) electrons. The third-order valence-electron chi connectivity index (χ3n) is 5.76. The minimum Gasteiger partial charge on any atom is -0.493 e. The predicted octanol–water partition coefficient (Wildman–Crippen LogP) is 6.29. The van der Waals surface area contributed by atoms with Crippen LogP contribution in [0.4, 0.5) is 10.5 Å². The van der Waals surface area contributed by atoms with Crippen LogP contribution in [0.15, 0.2) is 54.7 Å². The van der Waals surface area contributed by atoms with Crippen LogP contribution in [0.3, 0.4) is 0 Å². The predicted molar refractivity (Wildman–Crippen MR) is 140 cm³/mol. The lowest BCUT2D eigenvalue weighted by molar-refractivity contribution is 0.210. The van der Waals surface area contributed by atoms with E-state index in [1.807, 2.05) is 32.0 Å². The molecule has 0 bridgehead atoms. The van der Waals surface area contributed by atoms with Crippen LogP contribution in [-0.4, -0.2) is 39.5 Å². The summed E-state index contributed by atoms with van der Waals surface area (Å²) in [6, 6.07) is 14.2. The Morgan fingerprint density at radius 2 is 1.38 bits per heavy atom. The Kier molecular flexibility index (Phi) is 7.52. The van der Waals surface area contributed by atoms with Crippen LogP contribution in [0.5, 0.6) is 40.2 Å². The lowest BCUT2D eigenvalue weighted by Gasteiger charge is -2.16. The Morgan fingerprint density at radius 1 is 0.730 bits per heavy atom. The zero-order chi connectivity index (χ0) is 26.5. The molecule has 192 valence electrons. The first kappa shape index (κ1) is 25.4. The number of hydrogen-bond acceptors (Lipinski definition) is 8. The number of pyridine rings is 1. The number of anilines is 1. The molecule has 9 nitrogen and oxygen atoms in total. The van der Waals surface area contributed by atoms with Crippen molar-refractivity contribution in [2.75, 3.05) is 33.8 Å². The molecule has 37 heavy (non-hydrogen) atoms. The fraction of sp³-hybridized carbons (Fsp3) is 0.214. The molecule has 0 aliphatic carbocycles. The zero-order valence-electron chi connectivity index (χ0n) is 21.5. The van der Waals surface area contributed by atoms with E-state index in [0.29, 0.717) is 45.7 Å². The fourth-order valence-electron chi connectivity index (χ4n) is 3.84. The summed E-state index contributed by atoms with van der Waals surface area (Å²) < 4.78 is 33.2.